The van der Waals surface area contributed by atoms with Crippen molar-refractivity contribution in [3.05, 3.63) is 29.8 Å². The van der Waals surface area contributed by atoms with Crippen molar-refractivity contribution >= 4 is 28.7 Å². The maximum Gasteiger partial charge on any atom is 0.452 e. The zero-order valence-electron chi connectivity index (χ0n) is 11.5. The summed E-state index contributed by atoms with van der Waals surface area (Å²) < 4.78 is 47.3. The first-order chi connectivity index (χ1) is 10.5. The van der Waals surface area contributed by atoms with E-state index < -0.39 is 12.0 Å². The van der Waals surface area contributed by atoms with E-state index in [-0.39, 0.29) is 11.7 Å². The van der Waals surface area contributed by atoms with Crippen molar-refractivity contribution in [3.8, 4) is 5.75 Å². The van der Waals surface area contributed by atoms with Crippen LogP contribution in [0.3, 0.4) is 0 Å². The summed E-state index contributed by atoms with van der Waals surface area (Å²) in [4.78, 5) is 4.10. The van der Waals surface area contributed by atoms with E-state index in [2.05, 4.69) is 14.5 Å². The first-order valence-corrected chi connectivity index (χ1v) is 7.24. The number of halogens is 3. The highest BCUT2D eigenvalue weighted by molar-refractivity contribution is 8.13. The normalized spacial score (nSPS) is 17.6. The van der Waals surface area contributed by atoms with Crippen LogP contribution in [0, 0.1) is 0 Å². The minimum absolute atomic E-state index is 0.141. The molecule has 0 aromatic heterocycles. The lowest BCUT2D eigenvalue weighted by Gasteiger charge is -2.21. The van der Waals surface area contributed by atoms with Gasteiger partial charge < -0.3 is 4.74 Å². The molecule has 0 unspecified atom stereocenters. The molecular weight excluding hydrogens is 317 g/mol. The molecule has 0 amide bonds. The van der Waals surface area contributed by atoms with Crippen LogP contribution < -0.4 is 4.74 Å². The van der Waals surface area contributed by atoms with Gasteiger partial charge in [-0.2, -0.15) is 27.7 Å². The van der Waals surface area contributed by atoms with Crippen LogP contribution in [-0.2, 0) is 0 Å². The summed E-state index contributed by atoms with van der Waals surface area (Å²) in [5.41, 5.74) is 1.15. The van der Waals surface area contributed by atoms with Gasteiger partial charge in [0, 0.05) is 0 Å². The maximum absolute atomic E-state index is 12.9. The highest BCUT2D eigenvalue weighted by atomic mass is 32.2. The number of hydrazone groups is 1. The van der Waals surface area contributed by atoms with Gasteiger partial charge in [0.25, 0.3) is 0 Å². The molecule has 2 aliphatic rings. The highest BCUT2D eigenvalue weighted by Gasteiger charge is 2.46. The zero-order chi connectivity index (χ0) is 15.7. The average Bonchev–Trinajstić information content (AvgIpc) is 2.91. The molecule has 0 atom stereocenters. The van der Waals surface area contributed by atoms with Crippen molar-refractivity contribution in [1.29, 1.82) is 0 Å². The molecule has 0 spiro atoms. The number of benzene rings is 1. The SMILES string of the molecule is CCOc1ccc(C2=NN3C(=NC2)SN=C3C(F)(F)F)cc1. The van der Waals surface area contributed by atoms with Crippen molar-refractivity contribution < 1.29 is 17.9 Å². The number of amidine groups is 2. The molecule has 0 aliphatic carbocycles. The number of aliphatic imine (C=N–C) groups is 1. The third kappa shape index (κ3) is 2.80. The van der Waals surface area contributed by atoms with Crippen molar-refractivity contribution in [3.63, 3.8) is 0 Å². The number of rotatable bonds is 3. The molecule has 116 valence electrons. The smallest absolute Gasteiger partial charge is 0.452 e. The fourth-order valence-corrected chi connectivity index (χ4v) is 2.64. The number of hydrogen-bond acceptors (Lipinski definition) is 6. The standard InChI is InChI=1S/C13H11F3N4OS/c1-2-21-9-5-3-8(4-6-9)10-7-17-12-20(18-10)11(19-22-12)13(14,15)16/h3-6H,2,7H2,1H3. The van der Waals surface area contributed by atoms with Crippen molar-refractivity contribution in [2.24, 2.45) is 14.5 Å². The minimum Gasteiger partial charge on any atom is -0.494 e. The first-order valence-electron chi connectivity index (χ1n) is 6.46. The van der Waals surface area contributed by atoms with Crippen LogP contribution in [0.2, 0.25) is 0 Å². The Bertz CT molecular complexity index is 667. The second-order valence-electron chi connectivity index (χ2n) is 4.42. The Balaban J connectivity index is 1.86. The molecule has 2 aliphatic heterocycles. The van der Waals surface area contributed by atoms with Gasteiger partial charge in [-0.25, -0.2) is 0 Å². The zero-order valence-corrected chi connectivity index (χ0v) is 12.3. The summed E-state index contributed by atoms with van der Waals surface area (Å²) in [5.74, 6) is -0.361. The Hall–Kier alpha value is -2.03. The number of alkyl halides is 3. The molecule has 5 nitrogen and oxygen atoms in total. The van der Waals surface area contributed by atoms with Crippen LogP contribution in [0.25, 0.3) is 0 Å². The molecule has 3 rings (SSSR count). The first kappa shape index (κ1) is 14.9. The fraction of sp³-hybridized carbons (Fsp3) is 0.308. The number of hydrogen-bond donors (Lipinski definition) is 0. The Morgan fingerprint density at radius 2 is 2.00 bits per heavy atom. The van der Waals surface area contributed by atoms with E-state index in [4.69, 9.17) is 4.74 Å². The molecule has 0 fully saturated rings. The van der Waals surface area contributed by atoms with Gasteiger partial charge in [-0.3, -0.25) is 4.99 Å². The second-order valence-corrected chi connectivity index (χ2v) is 5.15. The molecule has 9 heteroatoms. The van der Waals surface area contributed by atoms with Crippen LogP contribution in [0.15, 0.2) is 38.8 Å². The molecule has 0 N–H and O–H groups in total. The summed E-state index contributed by atoms with van der Waals surface area (Å²) in [5, 5.41) is 4.94. The highest BCUT2D eigenvalue weighted by Crippen LogP contribution is 2.32. The predicted molar refractivity (Wildman–Crippen MR) is 79.4 cm³/mol. The molecular formula is C13H11F3N4OS. The topological polar surface area (TPSA) is 49.5 Å². The number of nitrogens with zero attached hydrogens (tertiary/aromatic N) is 4. The quantitative estimate of drug-likeness (QED) is 0.801. The molecule has 0 saturated carbocycles. The molecule has 1 aromatic rings. The predicted octanol–water partition coefficient (Wildman–Crippen LogP) is 3.08. The largest absolute Gasteiger partial charge is 0.494 e. The van der Waals surface area contributed by atoms with Crippen molar-refractivity contribution in [2.45, 2.75) is 13.1 Å². The number of fused-ring (bicyclic) bond motifs is 1. The van der Waals surface area contributed by atoms with Gasteiger partial charge in [0.1, 0.15) is 5.75 Å². The van der Waals surface area contributed by atoms with E-state index >= 15 is 0 Å². The average molecular weight is 328 g/mol. The fourth-order valence-electron chi connectivity index (χ4n) is 1.96. The van der Waals surface area contributed by atoms with Gasteiger partial charge in [0.05, 0.1) is 30.8 Å². The summed E-state index contributed by atoms with van der Waals surface area (Å²) in [6.45, 7) is 2.64. The molecule has 22 heavy (non-hydrogen) atoms. The van der Waals surface area contributed by atoms with E-state index in [0.29, 0.717) is 35.6 Å². The summed E-state index contributed by atoms with van der Waals surface area (Å²) in [6, 6.07) is 6.99. The van der Waals surface area contributed by atoms with Crippen LogP contribution in [0.5, 0.6) is 5.75 Å². The van der Waals surface area contributed by atoms with Crippen LogP contribution in [0.1, 0.15) is 12.5 Å². The summed E-state index contributed by atoms with van der Waals surface area (Å²) >= 11 is 0.684. The molecule has 0 bridgehead atoms. The maximum atomic E-state index is 12.9. The minimum atomic E-state index is -4.56. The van der Waals surface area contributed by atoms with Crippen LogP contribution in [0.4, 0.5) is 13.2 Å². The van der Waals surface area contributed by atoms with E-state index in [1.807, 2.05) is 6.92 Å². The van der Waals surface area contributed by atoms with Gasteiger partial charge >= 0.3 is 6.18 Å². The van der Waals surface area contributed by atoms with E-state index in [0.717, 1.165) is 5.01 Å². The Morgan fingerprint density at radius 3 is 2.64 bits per heavy atom. The van der Waals surface area contributed by atoms with Gasteiger partial charge in [0.15, 0.2) is 0 Å². The lowest BCUT2D eigenvalue weighted by Crippen LogP contribution is -2.40. The Labute approximate surface area is 128 Å². The van der Waals surface area contributed by atoms with E-state index in [9.17, 15) is 13.2 Å². The third-order valence-electron chi connectivity index (χ3n) is 2.93. The lowest BCUT2D eigenvalue weighted by atomic mass is 10.1. The molecule has 0 saturated heterocycles. The van der Waals surface area contributed by atoms with Gasteiger partial charge in [-0.1, -0.05) is 0 Å². The van der Waals surface area contributed by atoms with Crippen LogP contribution >= 0.6 is 11.9 Å². The Kier molecular flexibility index (Phi) is 3.81. The number of ether oxygens (including phenoxy) is 1. The van der Waals surface area contributed by atoms with Crippen LogP contribution in [-0.4, -0.2) is 41.1 Å². The Morgan fingerprint density at radius 1 is 1.27 bits per heavy atom. The molecule has 1 aromatic carbocycles. The summed E-state index contributed by atoms with van der Waals surface area (Å²) in [7, 11) is 0. The summed E-state index contributed by atoms with van der Waals surface area (Å²) in [6.07, 6.45) is -4.56. The van der Waals surface area contributed by atoms with Gasteiger partial charge in [-0.15, -0.1) is 0 Å². The lowest BCUT2D eigenvalue weighted by molar-refractivity contribution is -0.0654. The monoisotopic (exact) mass is 328 g/mol. The third-order valence-corrected chi connectivity index (χ3v) is 3.66. The van der Waals surface area contributed by atoms with Crippen molar-refractivity contribution in [1.82, 2.24) is 5.01 Å². The molecule has 0 radical (unpaired) electrons. The van der Waals surface area contributed by atoms with Gasteiger partial charge in [0.2, 0.25) is 11.0 Å². The molecule has 2 heterocycles. The van der Waals surface area contributed by atoms with Gasteiger partial charge in [-0.05, 0) is 36.8 Å². The van der Waals surface area contributed by atoms with Crippen molar-refractivity contribution in [2.75, 3.05) is 13.2 Å². The van der Waals surface area contributed by atoms with E-state index in [1.54, 1.807) is 24.3 Å². The van der Waals surface area contributed by atoms with E-state index in [1.165, 1.54) is 0 Å². The second kappa shape index (κ2) is 5.64.